The van der Waals surface area contributed by atoms with Gasteiger partial charge in [-0.3, -0.25) is 4.79 Å². The van der Waals surface area contributed by atoms with Crippen molar-refractivity contribution in [3.63, 3.8) is 0 Å². The van der Waals surface area contributed by atoms with Crippen molar-refractivity contribution in [3.05, 3.63) is 28.0 Å². The maximum atomic E-state index is 13.3. The van der Waals surface area contributed by atoms with Gasteiger partial charge in [0.1, 0.15) is 5.82 Å². The SMILES string of the molecule is Cc1cc(F)c(Br)cc1NC(=O)NCC(=O)NC1CC1. The molecular weight excluding hydrogens is 329 g/mol. The highest BCUT2D eigenvalue weighted by atomic mass is 79.9. The standard InChI is InChI=1S/C13H15BrFN3O2/c1-7-4-10(15)9(14)5-11(7)18-13(20)16-6-12(19)17-8-2-3-8/h4-5,8H,2-3,6H2,1H3,(H,17,19)(H2,16,18,20). The normalized spacial score (nSPS) is 13.8. The highest BCUT2D eigenvalue weighted by Crippen LogP contribution is 2.24. The Morgan fingerprint density at radius 2 is 2.10 bits per heavy atom. The fourth-order valence-corrected chi connectivity index (χ4v) is 1.96. The van der Waals surface area contributed by atoms with Crippen LogP contribution in [0.15, 0.2) is 16.6 Å². The molecule has 20 heavy (non-hydrogen) atoms. The van der Waals surface area contributed by atoms with Crippen molar-refractivity contribution in [1.29, 1.82) is 0 Å². The van der Waals surface area contributed by atoms with Gasteiger partial charge < -0.3 is 16.0 Å². The molecule has 0 aromatic heterocycles. The van der Waals surface area contributed by atoms with Crippen LogP contribution in [0.5, 0.6) is 0 Å². The van der Waals surface area contributed by atoms with Crippen molar-refractivity contribution in [2.24, 2.45) is 0 Å². The van der Waals surface area contributed by atoms with Crippen LogP contribution >= 0.6 is 15.9 Å². The Kier molecular flexibility index (Phi) is 4.59. The topological polar surface area (TPSA) is 70.2 Å². The molecule has 1 aromatic carbocycles. The number of hydrogen-bond acceptors (Lipinski definition) is 2. The Bertz CT molecular complexity index is 547. The highest BCUT2D eigenvalue weighted by Gasteiger charge is 2.23. The first-order chi connectivity index (χ1) is 9.45. The van der Waals surface area contributed by atoms with Crippen LogP contribution < -0.4 is 16.0 Å². The number of halogens is 2. The van der Waals surface area contributed by atoms with Gasteiger partial charge in [-0.05, 0) is 53.4 Å². The molecule has 0 heterocycles. The summed E-state index contributed by atoms with van der Waals surface area (Å²) in [5, 5.41) is 7.79. The lowest BCUT2D eigenvalue weighted by Gasteiger charge is -2.11. The Hall–Kier alpha value is -1.63. The van der Waals surface area contributed by atoms with Crippen molar-refractivity contribution >= 4 is 33.6 Å². The van der Waals surface area contributed by atoms with Crippen LogP contribution in [-0.2, 0) is 4.79 Å². The fourth-order valence-electron chi connectivity index (χ4n) is 1.61. The van der Waals surface area contributed by atoms with Gasteiger partial charge in [0.15, 0.2) is 0 Å². The van der Waals surface area contributed by atoms with Crippen molar-refractivity contribution in [3.8, 4) is 0 Å². The molecule has 3 amide bonds. The minimum Gasteiger partial charge on any atom is -0.352 e. The van der Waals surface area contributed by atoms with E-state index in [1.807, 2.05) is 0 Å². The van der Waals surface area contributed by atoms with E-state index in [0.717, 1.165) is 12.8 Å². The molecule has 0 aliphatic heterocycles. The van der Waals surface area contributed by atoms with E-state index < -0.39 is 11.8 Å². The zero-order valence-corrected chi connectivity index (χ0v) is 12.5. The van der Waals surface area contributed by atoms with Gasteiger partial charge in [0.2, 0.25) is 5.91 Å². The minimum absolute atomic E-state index is 0.0796. The van der Waals surface area contributed by atoms with Crippen molar-refractivity contribution in [2.75, 3.05) is 11.9 Å². The molecule has 0 saturated heterocycles. The summed E-state index contributed by atoms with van der Waals surface area (Å²) < 4.78 is 13.5. The largest absolute Gasteiger partial charge is 0.352 e. The van der Waals surface area contributed by atoms with Gasteiger partial charge in [0.25, 0.3) is 0 Å². The number of amides is 3. The summed E-state index contributed by atoms with van der Waals surface area (Å²) in [5.74, 6) is -0.600. The maximum absolute atomic E-state index is 13.3. The van der Waals surface area contributed by atoms with E-state index >= 15 is 0 Å². The Labute approximate surface area is 124 Å². The predicted octanol–water partition coefficient (Wildman–Crippen LogP) is 2.30. The van der Waals surface area contributed by atoms with E-state index in [9.17, 15) is 14.0 Å². The van der Waals surface area contributed by atoms with E-state index in [1.165, 1.54) is 12.1 Å². The van der Waals surface area contributed by atoms with Crippen molar-refractivity contribution in [2.45, 2.75) is 25.8 Å². The highest BCUT2D eigenvalue weighted by molar-refractivity contribution is 9.10. The number of hydrogen-bond donors (Lipinski definition) is 3. The van der Waals surface area contributed by atoms with E-state index in [4.69, 9.17) is 0 Å². The first-order valence-electron chi connectivity index (χ1n) is 6.25. The summed E-state index contributed by atoms with van der Waals surface area (Å²) in [6.07, 6.45) is 2.00. The molecule has 108 valence electrons. The smallest absolute Gasteiger partial charge is 0.319 e. The Balaban J connectivity index is 1.84. The molecule has 0 radical (unpaired) electrons. The summed E-state index contributed by atoms with van der Waals surface area (Å²) in [4.78, 5) is 23.1. The molecule has 1 saturated carbocycles. The summed E-state index contributed by atoms with van der Waals surface area (Å²) in [6, 6.07) is 2.56. The van der Waals surface area contributed by atoms with Gasteiger partial charge in [-0.15, -0.1) is 0 Å². The molecule has 7 heteroatoms. The van der Waals surface area contributed by atoms with Crippen LogP contribution in [-0.4, -0.2) is 24.5 Å². The summed E-state index contributed by atoms with van der Waals surface area (Å²) in [7, 11) is 0. The molecule has 1 aliphatic rings. The number of carbonyl (C=O) groups is 2. The molecule has 0 spiro atoms. The van der Waals surface area contributed by atoms with Gasteiger partial charge in [-0.2, -0.15) is 0 Å². The van der Waals surface area contributed by atoms with Gasteiger partial charge >= 0.3 is 6.03 Å². The minimum atomic E-state index is -0.502. The zero-order valence-electron chi connectivity index (χ0n) is 10.9. The van der Waals surface area contributed by atoms with Gasteiger partial charge in [-0.25, -0.2) is 9.18 Å². The molecule has 3 N–H and O–H groups in total. The lowest BCUT2D eigenvalue weighted by atomic mass is 10.2. The lowest BCUT2D eigenvalue weighted by molar-refractivity contribution is -0.120. The number of nitrogens with one attached hydrogen (secondary N) is 3. The molecule has 1 aliphatic carbocycles. The number of anilines is 1. The van der Waals surface area contributed by atoms with Gasteiger partial charge in [0.05, 0.1) is 11.0 Å². The van der Waals surface area contributed by atoms with E-state index in [2.05, 4.69) is 31.9 Å². The molecular formula is C13H15BrFN3O2. The fraction of sp³-hybridized carbons (Fsp3) is 0.385. The van der Waals surface area contributed by atoms with E-state index in [0.29, 0.717) is 11.3 Å². The Morgan fingerprint density at radius 3 is 2.75 bits per heavy atom. The second kappa shape index (κ2) is 6.21. The van der Waals surface area contributed by atoms with Crippen LogP contribution in [0.4, 0.5) is 14.9 Å². The van der Waals surface area contributed by atoms with Crippen LogP contribution in [0.1, 0.15) is 18.4 Å². The number of aryl methyl sites for hydroxylation is 1. The van der Waals surface area contributed by atoms with Gasteiger partial charge in [0, 0.05) is 11.7 Å². The molecule has 0 bridgehead atoms. The molecule has 0 unspecified atom stereocenters. The maximum Gasteiger partial charge on any atom is 0.319 e. The molecule has 0 atom stereocenters. The quantitative estimate of drug-likeness (QED) is 0.784. The van der Waals surface area contributed by atoms with E-state index in [1.54, 1.807) is 6.92 Å². The summed E-state index contributed by atoms with van der Waals surface area (Å²) >= 11 is 3.06. The van der Waals surface area contributed by atoms with Crippen LogP contribution in [0, 0.1) is 12.7 Å². The summed E-state index contributed by atoms with van der Waals surface area (Å²) in [5.41, 5.74) is 1.08. The number of carbonyl (C=O) groups excluding carboxylic acids is 2. The molecule has 1 fully saturated rings. The lowest BCUT2D eigenvalue weighted by Crippen LogP contribution is -2.39. The first-order valence-corrected chi connectivity index (χ1v) is 7.05. The van der Waals surface area contributed by atoms with Crippen LogP contribution in [0.2, 0.25) is 0 Å². The third-order valence-corrected chi connectivity index (χ3v) is 3.48. The van der Waals surface area contributed by atoms with Crippen LogP contribution in [0.3, 0.4) is 0 Å². The van der Waals surface area contributed by atoms with Crippen molar-refractivity contribution < 1.29 is 14.0 Å². The molecule has 2 rings (SSSR count). The molecule has 5 nitrogen and oxygen atoms in total. The second-order valence-electron chi connectivity index (χ2n) is 4.73. The molecule has 1 aromatic rings. The average molecular weight is 344 g/mol. The van der Waals surface area contributed by atoms with E-state index in [-0.39, 0.29) is 23.0 Å². The number of urea groups is 1. The van der Waals surface area contributed by atoms with Crippen LogP contribution in [0.25, 0.3) is 0 Å². The average Bonchev–Trinajstić information content (AvgIpc) is 3.17. The first kappa shape index (κ1) is 14.8. The monoisotopic (exact) mass is 343 g/mol. The third kappa shape index (κ3) is 4.19. The van der Waals surface area contributed by atoms with Crippen molar-refractivity contribution in [1.82, 2.24) is 10.6 Å². The summed E-state index contributed by atoms with van der Waals surface area (Å²) in [6.45, 7) is 1.61. The van der Waals surface area contributed by atoms with Gasteiger partial charge in [-0.1, -0.05) is 0 Å². The third-order valence-electron chi connectivity index (χ3n) is 2.87. The zero-order chi connectivity index (χ0) is 14.7. The number of benzene rings is 1. The predicted molar refractivity (Wildman–Crippen MR) is 77.0 cm³/mol. The Morgan fingerprint density at radius 1 is 1.40 bits per heavy atom. The number of rotatable bonds is 4. The second-order valence-corrected chi connectivity index (χ2v) is 5.59.